The van der Waals surface area contributed by atoms with Gasteiger partial charge in [0.25, 0.3) is 0 Å². The van der Waals surface area contributed by atoms with E-state index in [1.807, 2.05) is 30.3 Å². The maximum Gasteiger partial charge on any atom is 0.0923 e. The average Bonchev–Trinajstić information content (AvgIpc) is 2.39. The minimum absolute atomic E-state index is 0.477. The Hall–Kier alpha value is -1.12. The Bertz CT molecular complexity index is 442. The number of hydrogen-bond donors (Lipinski definition) is 1. The quantitative estimate of drug-likeness (QED) is 0.767. The molecular weight excluding hydrogens is 222 g/mol. The molecule has 2 fully saturated rings. The largest absolute Gasteiger partial charge is 0.385 e. The Labute approximate surface area is 109 Å². The molecule has 0 bridgehead atoms. The number of fused-ring (bicyclic) bond motifs is 1. The fourth-order valence-electron chi connectivity index (χ4n) is 3.38. The summed E-state index contributed by atoms with van der Waals surface area (Å²) in [6.45, 7) is 6.24. The molecule has 2 heteroatoms. The van der Waals surface area contributed by atoms with Gasteiger partial charge in [-0.2, -0.15) is 0 Å². The molecule has 2 atom stereocenters. The van der Waals surface area contributed by atoms with E-state index in [2.05, 4.69) is 11.5 Å². The fourth-order valence-corrected chi connectivity index (χ4v) is 3.38. The van der Waals surface area contributed by atoms with Gasteiger partial charge in [-0.15, -0.1) is 0 Å². The van der Waals surface area contributed by atoms with Gasteiger partial charge < -0.3 is 5.11 Å². The maximum absolute atomic E-state index is 10.9. The highest BCUT2D eigenvalue weighted by Crippen LogP contribution is 2.39. The summed E-state index contributed by atoms with van der Waals surface area (Å²) >= 11 is 0. The molecule has 0 aliphatic carbocycles. The molecule has 96 valence electrons. The number of hydrogen-bond acceptors (Lipinski definition) is 2. The van der Waals surface area contributed by atoms with Crippen LogP contribution in [0.1, 0.15) is 31.2 Å². The van der Waals surface area contributed by atoms with E-state index in [9.17, 15) is 5.11 Å². The summed E-state index contributed by atoms with van der Waals surface area (Å²) in [6.07, 6.45) is 3.87. The monoisotopic (exact) mass is 243 g/mol. The van der Waals surface area contributed by atoms with Crippen molar-refractivity contribution in [3.63, 3.8) is 0 Å². The first kappa shape index (κ1) is 11.9. The fraction of sp³-hybridized carbons (Fsp3) is 0.500. The SMILES string of the molecule is C=C1CCN2CCC(O)(c3ccccc3)CC2C1. The molecule has 0 amide bonds. The zero-order chi connectivity index (χ0) is 12.6. The summed E-state index contributed by atoms with van der Waals surface area (Å²) in [4.78, 5) is 2.52. The van der Waals surface area contributed by atoms with E-state index < -0.39 is 5.60 Å². The molecule has 18 heavy (non-hydrogen) atoms. The summed E-state index contributed by atoms with van der Waals surface area (Å²) < 4.78 is 0. The van der Waals surface area contributed by atoms with Crippen molar-refractivity contribution in [1.82, 2.24) is 4.90 Å². The van der Waals surface area contributed by atoms with Crippen LogP contribution in [0.5, 0.6) is 0 Å². The number of nitrogens with zero attached hydrogens (tertiary/aromatic N) is 1. The van der Waals surface area contributed by atoms with Gasteiger partial charge in [-0.25, -0.2) is 0 Å². The molecule has 1 N–H and O–H groups in total. The molecule has 2 aliphatic rings. The molecule has 1 aromatic carbocycles. The first-order chi connectivity index (χ1) is 8.67. The zero-order valence-corrected chi connectivity index (χ0v) is 10.8. The summed E-state index contributed by atoms with van der Waals surface area (Å²) in [6, 6.07) is 10.6. The summed E-state index contributed by atoms with van der Waals surface area (Å²) in [5.41, 5.74) is 1.77. The van der Waals surface area contributed by atoms with Crippen molar-refractivity contribution in [2.75, 3.05) is 13.1 Å². The second-order valence-corrected chi connectivity index (χ2v) is 5.75. The molecular formula is C16H21NO. The van der Waals surface area contributed by atoms with Crippen LogP contribution in [0, 0.1) is 0 Å². The summed E-state index contributed by atoms with van der Waals surface area (Å²) in [5.74, 6) is 0. The smallest absolute Gasteiger partial charge is 0.0923 e. The lowest BCUT2D eigenvalue weighted by Gasteiger charge is -2.47. The lowest BCUT2D eigenvalue weighted by atomic mass is 9.77. The molecule has 2 aliphatic heterocycles. The number of piperidine rings is 2. The van der Waals surface area contributed by atoms with Crippen LogP contribution in [0.25, 0.3) is 0 Å². The van der Waals surface area contributed by atoms with E-state index in [1.165, 1.54) is 5.57 Å². The molecule has 3 rings (SSSR count). The third-order valence-corrected chi connectivity index (χ3v) is 4.49. The van der Waals surface area contributed by atoms with Gasteiger partial charge >= 0.3 is 0 Å². The second kappa shape index (κ2) is 4.52. The van der Waals surface area contributed by atoms with E-state index in [0.29, 0.717) is 6.04 Å². The van der Waals surface area contributed by atoms with Crippen molar-refractivity contribution in [3.05, 3.63) is 48.0 Å². The maximum atomic E-state index is 10.9. The van der Waals surface area contributed by atoms with Crippen molar-refractivity contribution in [2.45, 2.75) is 37.3 Å². The standard InChI is InChI=1S/C16H21NO/c1-13-7-9-17-10-8-16(18,12-15(17)11-13)14-5-3-2-4-6-14/h2-6,15,18H,1,7-12H2. The second-order valence-electron chi connectivity index (χ2n) is 5.75. The summed E-state index contributed by atoms with van der Waals surface area (Å²) in [5, 5.41) is 10.9. The van der Waals surface area contributed by atoms with Crippen LogP contribution in [0.3, 0.4) is 0 Å². The van der Waals surface area contributed by atoms with E-state index in [0.717, 1.165) is 44.3 Å². The van der Waals surface area contributed by atoms with Crippen LogP contribution in [0.2, 0.25) is 0 Å². The van der Waals surface area contributed by atoms with Gasteiger partial charge in [0, 0.05) is 19.1 Å². The molecule has 0 saturated carbocycles. The number of benzene rings is 1. The van der Waals surface area contributed by atoms with Crippen LogP contribution in [-0.4, -0.2) is 29.1 Å². The highest BCUT2D eigenvalue weighted by Gasteiger charge is 2.40. The topological polar surface area (TPSA) is 23.5 Å². The Balaban J connectivity index is 1.81. The third-order valence-electron chi connectivity index (χ3n) is 4.49. The van der Waals surface area contributed by atoms with Crippen molar-refractivity contribution < 1.29 is 5.11 Å². The molecule has 2 unspecified atom stereocenters. The molecule has 0 aromatic heterocycles. The Morgan fingerprint density at radius 3 is 2.78 bits per heavy atom. The molecule has 2 heterocycles. The molecule has 0 spiro atoms. The van der Waals surface area contributed by atoms with Gasteiger partial charge in [-0.05, 0) is 31.2 Å². The van der Waals surface area contributed by atoms with Gasteiger partial charge in [-0.3, -0.25) is 4.90 Å². The Kier molecular flexibility index (Phi) is 3.00. The van der Waals surface area contributed by atoms with Gasteiger partial charge in [0.05, 0.1) is 5.60 Å². The van der Waals surface area contributed by atoms with Crippen molar-refractivity contribution in [3.8, 4) is 0 Å². The van der Waals surface area contributed by atoms with Gasteiger partial charge in [0.15, 0.2) is 0 Å². The van der Waals surface area contributed by atoms with E-state index >= 15 is 0 Å². The van der Waals surface area contributed by atoms with E-state index in [-0.39, 0.29) is 0 Å². The zero-order valence-electron chi connectivity index (χ0n) is 10.8. The minimum Gasteiger partial charge on any atom is -0.385 e. The average molecular weight is 243 g/mol. The van der Waals surface area contributed by atoms with Crippen molar-refractivity contribution >= 4 is 0 Å². The van der Waals surface area contributed by atoms with E-state index in [1.54, 1.807) is 0 Å². The van der Waals surface area contributed by atoms with Crippen molar-refractivity contribution in [1.29, 1.82) is 0 Å². The third kappa shape index (κ3) is 2.11. The molecule has 2 nitrogen and oxygen atoms in total. The van der Waals surface area contributed by atoms with Gasteiger partial charge in [0.2, 0.25) is 0 Å². The highest BCUT2D eigenvalue weighted by molar-refractivity contribution is 5.24. The molecule has 1 aromatic rings. The Morgan fingerprint density at radius 2 is 2.00 bits per heavy atom. The first-order valence-corrected chi connectivity index (χ1v) is 6.86. The van der Waals surface area contributed by atoms with E-state index in [4.69, 9.17) is 0 Å². The van der Waals surface area contributed by atoms with Crippen LogP contribution in [-0.2, 0) is 5.60 Å². The minimum atomic E-state index is -0.639. The molecule has 2 saturated heterocycles. The lowest BCUT2D eigenvalue weighted by Crippen LogP contribution is -2.51. The number of rotatable bonds is 1. The highest BCUT2D eigenvalue weighted by atomic mass is 16.3. The van der Waals surface area contributed by atoms with Gasteiger partial charge in [-0.1, -0.05) is 42.5 Å². The van der Waals surface area contributed by atoms with Crippen molar-refractivity contribution in [2.24, 2.45) is 0 Å². The molecule has 0 radical (unpaired) electrons. The lowest BCUT2D eigenvalue weighted by molar-refractivity contribution is -0.0559. The van der Waals surface area contributed by atoms with Crippen LogP contribution in [0.4, 0.5) is 0 Å². The predicted molar refractivity (Wildman–Crippen MR) is 73.3 cm³/mol. The number of aliphatic hydroxyl groups is 1. The summed E-state index contributed by atoms with van der Waals surface area (Å²) in [7, 11) is 0. The Morgan fingerprint density at radius 1 is 1.22 bits per heavy atom. The predicted octanol–water partition coefficient (Wildman–Crippen LogP) is 2.69. The first-order valence-electron chi connectivity index (χ1n) is 6.86. The van der Waals surface area contributed by atoms with Crippen LogP contribution >= 0.6 is 0 Å². The van der Waals surface area contributed by atoms with Crippen LogP contribution in [0.15, 0.2) is 42.5 Å². The van der Waals surface area contributed by atoms with Gasteiger partial charge in [0.1, 0.15) is 0 Å². The normalized spacial score (nSPS) is 33.2. The van der Waals surface area contributed by atoms with Crippen LogP contribution < -0.4 is 0 Å².